The Morgan fingerprint density at radius 1 is 1.12 bits per heavy atom. The maximum Gasteiger partial charge on any atom is 0.407 e. The standard InChI is InChI=1S/C25H34ClN5O2/c1-30(2)23-20-8-4-6-10-22(20)28-24(29-23)27-19-13-11-17(12-14-19)15-31(25(32)33)16-18-7-3-5-9-21(18)26/h3,5,7,9,17,19H,4,6,8,10-16H2,1-2H3,(H,32,33)(H,27,28,29)/t17-,19+. The summed E-state index contributed by atoms with van der Waals surface area (Å²) in [4.78, 5) is 25.1. The summed E-state index contributed by atoms with van der Waals surface area (Å²) in [6, 6.07) is 7.76. The molecule has 1 amide bonds. The molecule has 1 saturated carbocycles. The molecular formula is C25H34ClN5O2. The van der Waals surface area contributed by atoms with Gasteiger partial charge in [-0.05, 0) is 68.9 Å². The van der Waals surface area contributed by atoms with E-state index in [1.54, 1.807) is 6.07 Å². The predicted octanol–water partition coefficient (Wildman–Crippen LogP) is 5.23. The Hall–Kier alpha value is -2.54. The molecule has 2 aliphatic rings. The maximum atomic E-state index is 11.8. The molecule has 33 heavy (non-hydrogen) atoms. The van der Waals surface area contributed by atoms with Crippen LogP contribution in [0.1, 0.15) is 55.3 Å². The molecule has 0 bridgehead atoms. The number of carboxylic acid groups (broad SMARTS) is 1. The molecule has 8 heteroatoms. The maximum absolute atomic E-state index is 11.8. The van der Waals surface area contributed by atoms with Gasteiger partial charge in [-0.2, -0.15) is 4.98 Å². The summed E-state index contributed by atoms with van der Waals surface area (Å²) in [6.07, 6.45) is 7.52. The highest BCUT2D eigenvalue weighted by atomic mass is 35.5. The van der Waals surface area contributed by atoms with E-state index in [0.29, 0.717) is 30.1 Å². The third-order valence-corrected chi connectivity index (χ3v) is 7.20. The van der Waals surface area contributed by atoms with Gasteiger partial charge in [0, 0.05) is 37.3 Å². The number of aromatic nitrogens is 2. The van der Waals surface area contributed by atoms with Gasteiger partial charge in [0.15, 0.2) is 0 Å². The highest BCUT2D eigenvalue weighted by Crippen LogP contribution is 2.31. The van der Waals surface area contributed by atoms with Crippen molar-refractivity contribution in [1.82, 2.24) is 14.9 Å². The van der Waals surface area contributed by atoms with E-state index in [4.69, 9.17) is 21.6 Å². The lowest BCUT2D eigenvalue weighted by Gasteiger charge is -2.32. The second-order valence-electron chi connectivity index (χ2n) is 9.51. The molecule has 2 aromatic rings. The van der Waals surface area contributed by atoms with Crippen molar-refractivity contribution in [3.05, 3.63) is 46.1 Å². The number of nitrogens with one attached hydrogen (secondary N) is 1. The van der Waals surface area contributed by atoms with E-state index in [2.05, 4.69) is 10.2 Å². The SMILES string of the molecule is CN(C)c1nc(N[C@H]2CC[C@@H](CN(Cc3ccccc3Cl)C(=O)O)CC2)nc2c1CCCC2. The van der Waals surface area contributed by atoms with E-state index < -0.39 is 6.09 Å². The summed E-state index contributed by atoms with van der Waals surface area (Å²) in [5.74, 6) is 2.12. The van der Waals surface area contributed by atoms with Gasteiger partial charge in [0.1, 0.15) is 5.82 Å². The Kier molecular flexibility index (Phi) is 7.58. The summed E-state index contributed by atoms with van der Waals surface area (Å²) in [5.41, 5.74) is 3.33. The number of fused-ring (bicyclic) bond motifs is 1. The van der Waals surface area contributed by atoms with E-state index in [1.165, 1.54) is 29.0 Å². The number of aryl methyl sites for hydroxylation is 1. The zero-order valence-electron chi connectivity index (χ0n) is 19.6. The number of anilines is 2. The quantitative estimate of drug-likeness (QED) is 0.575. The van der Waals surface area contributed by atoms with Gasteiger partial charge in [0.2, 0.25) is 5.95 Å². The monoisotopic (exact) mass is 471 g/mol. The van der Waals surface area contributed by atoms with Crippen LogP contribution in [0.5, 0.6) is 0 Å². The van der Waals surface area contributed by atoms with Crippen molar-refractivity contribution >= 4 is 29.5 Å². The smallest absolute Gasteiger partial charge is 0.407 e. The number of halogens is 1. The van der Waals surface area contributed by atoms with Crippen molar-refractivity contribution in [3.8, 4) is 0 Å². The van der Waals surface area contributed by atoms with Crippen LogP contribution in [0.2, 0.25) is 5.02 Å². The van der Waals surface area contributed by atoms with Crippen molar-refractivity contribution in [2.45, 2.75) is 64.0 Å². The van der Waals surface area contributed by atoms with Gasteiger partial charge in [0.05, 0.1) is 12.2 Å². The molecule has 1 fully saturated rings. The lowest BCUT2D eigenvalue weighted by molar-refractivity contribution is 0.127. The molecule has 2 N–H and O–H groups in total. The Labute approximate surface area is 201 Å². The van der Waals surface area contributed by atoms with Crippen molar-refractivity contribution in [2.24, 2.45) is 5.92 Å². The minimum absolute atomic E-state index is 0.319. The summed E-state index contributed by atoms with van der Waals surface area (Å²) >= 11 is 6.24. The van der Waals surface area contributed by atoms with Gasteiger partial charge >= 0.3 is 6.09 Å². The van der Waals surface area contributed by atoms with Crippen LogP contribution in [-0.2, 0) is 19.4 Å². The van der Waals surface area contributed by atoms with E-state index in [1.807, 2.05) is 32.3 Å². The number of carbonyl (C=O) groups is 1. The zero-order chi connectivity index (χ0) is 23.4. The number of nitrogens with zero attached hydrogens (tertiary/aromatic N) is 4. The first-order valence-electron chi connectivity index (χ1n) is 12.0. The fraction of sp³-hybridized carbons (Fsp3) is 0.560. The first-order chi connectivity index (χ1) is 15.9. The summed E-state index contributed by atoms with van der Waals surface area (Å²) in [7, 11) is 4.09. The molecule has 0 saturated heterocycles. The molecule has 1 heterocycles. The summed E-state index contributed by atoms with van der Waals surface area (Å²) in [5, 5.41) is 13.9. The van der Waals surface area contributed by atoms with Gasteiger partial charge in [-0.15, -0.1) is 0 Å². The third-order valence-electron chi connectivity index (χ3n) is 6.83. The molecule has 0 unspecified atom stereocenters. The first-order valence-corrected chi connectivity index (χ1v) is 12.3. The van der Waals surface area contributed by atoms with E-state index in [0.717, 1.165) is 55.9 Å². The lowest BCUT2D eigenvalue weighted by atomic mass is 9.85. The van der Waals surface area contributed by atoms with Crippen molar-refractivity contribution in [3.63, 3.8) is 0 Å². The Morgan fingerprint density at radius 2 is 1.85 bits per heavy atom. The molecule has 4 rings (SSSR count). The Balaban J connectivity index is 1.34. The van der Waals surface area contributed by atoms with Crippen LogP contribution in [-0.4, -0.2) is 52.7 Å². The Morgan fingerprint density at radius 3 is 2.55 bits per heavy atom. The zero-order valence-corrected chi connectivity index (χ0v) is 20.3. The van der Waals surface area contributed by atoms with Gasteiger partial charge in [-0.25, -0.2) is 9.78 Å². The number of rotatable bonds is 7. The van der Waals surface area contributed by atoms with E-state index >= 15 is 0 Å². The van der Waals surface area contributed by atoms with Crippen LogP contribution in [0.3, 0.4) is 0 Å². The fourth-order valence-corrected chi connectivity index (χ4v) is 5.23. The van der Waals surface area contributed by atoms with Gasteiger partial charge < -0.3 is 20.2 Å². The van der Waals surface area contributed by atoms with Crippen molar-refractivity contribution < 1.29 is 9.90 Å². The van der Waals surface area contributed by atoms with Crippen LogP contribution in [0.15, 0.2) is 24.3 Å². The Bertz CT molecular complexity index is 975. The number of benzene rings is 1. The highest BCUT2D eigenvalue weighted by Gasteiger charge is 2.26. The molecule has 178 valence electrons. The van der Waals surface area contributed by atoms with Crippen LogP contribution in [0.25, 0.3) is 0 Å². The average molecular weight is 472 g/mol. The summed E-state index contributed by atoms with van der Waals surface area (Å²) in [6.45, 7) is 0.858. The van der Waals surface area contributed by atoms with Crippen molar-refractivity contribution in [2.75, 3.05) is 30.9 Å². The van der Waals surface area contributed by atoms with Gasteiger partial charge in [-0.3, -0.25) is 0 Å². The molecule has 1 aromatic heterocycles. The normalized spacial score (nSPS) is 20.1. The minimum atomic E-state index is -0.895. The van der Waals surface area contributed by atoms with Crippen LogP contribution in [0, 0.1) is 5.92 Å². The van der Waals surface area contributed by atoms with Crippen molar-refractivity contribution in [1.29, 1.82) is 0 Å². The van der Waals surface area contributed by atoms with Crippen LogP contribution in [0.4, 0.5) is 16.6 Å². The topological polar surface area (TPSA) is 81.6 Å². The first kappa shape index (κ1) is 23.6. The minimum Gasteiger partial charge on any atom is -0.465 e. The summed E-state index contributed by atoms with van der Waals surface area (Å²) < 4.78 is 0. The van der Waals surface area contributed by atoms with Crippen LogP contribution >= 0.6 is 11.6 Å². The van der Waals surface area contributed by atoms with E-state index in [9.17, 15) is 9.90 Å². The number of amides is 1. The number of hydrogen-bond acceptors (Lipinski definition) is 5. The highest BCUT2D eigenvalue weighted by molar-refractivity contribution is 6.31. The molecule has 0 aliphatic heterocycles. The third kappa shape index (κ3) is 5.88. The van der Waals surface area contributed by atoms with Crippen LogP contribution < -0.4 is 10.2 Å². The molecule has 0 spiro atoms. The molecule has 0 radical (unpaired) electrons. The second kappa shape index (κ2) is 10.6. The lowest BCUT2D eigenvalue weighted by Crippen LogP contribution is -2.37. The largest absolute Gasteiger partial charge is 0.465 e. The van der Waals surface area contributed by atoms with Gasteiger partial charge in [0.25, 0.3) is 0 Å². The average Bonchev–Trinajstić information content (AvgIpc) is 2.80. The molecule has 1 aromatic carbocycles. The van der Waals surface area contributed by atoms with E-state index in [-0.39, 0.29) is 0 Å². The predicted molar refractivity (Wildman–Crippen MR) is 132 cm³/mol. The van der Waals surface area contributed by atoms with Gasteiger partial charge in [-0.1, -0.05) is 29.8 Å². The molecule has 2 aliphatic carbocycles. The fourth-order valence-electron chi connectivity index (χ4n) is 5.03. The number of hydrogen-bond donors (Lipinski definition) is 2. The molecular weight excluding hydrogens is 438 g/mol. The second-order valence-corrected chi connectivity index (χ2v) is 9.92. The molecule has 0 atom stereocenters. The molecule has 7 nitrogen and oxygen atoms in total.